The van der Waals surface area contributed by atoms with Gasteiger partial charge in [-0.15, -0.1) is 0 Å². The van der Waals surface area contributed by atoms with Crippen LogP contribution in [0.15, 0.2) is 6.20 Å². The van der Waals surface area contributed by atoms with E-state index in [0.29, 0.717) is 11.4 Å². The lowest BCUT2D eigenvalue weighted by Crippen LogP contribution is -2.30. The summed E-state index contributed by atoms with van der Waals surface area (Å²) >= 11 is 0. The van der Waals surface area contributed by atoms with Crippen LogP contribution in [-0.2, 0) is 0 Å². The summed E-state index contributed by atoms with van der Waals surface area (Å²) in [5.74, 6) is 0.0150. The fourth-order valence-electron chi connectivity index (χ4n) is 2.06. The van der Waals surface area contributed by atoms with E-state index in [4.69, 9.17) is 5.73 Å². The molecule has 0 bridgehead atoms. The average molecular weight is 222 g/mol. The van der Waals surface area contributed by atoms with Crippen molar-refractivity contribution in [3.63, 3.8) is 0 Å². The van der Waals surface area contributed by atoms with E-state index in [1.807, 2.05) is 18.7 Å². The predicted octanol–water partition coefficient (Wildman–Crippen LogP) is 1.28. The summed E-state index contributed by atoms with van der Waals surface area (Å²) in [5.41, 5.74) is 6.83. The highest BCUT2D eigenvalue weighted by Gasteiger charge is 2.25. The summed E-state index contributed by atoms with van der Waals surface area (Å²) in [5, 5.41) is 4.15. The number of nitrogen functional groups attached to an aromatic ring is 1. The van der Waals surface area contributed by atoms with Gasteiger partial charge < -0.3 is 10.6 Å². The highest BCUT2D eigenvalue weighted by Crippen LogP contribution is 2.20. The van der Waals surface area contributed by atoms with E-state index >= 15 is 0 Å². The molecular formula is C11H18N4O. The molecule has 1 aliphatic heterocycles. The highest BCUT2D eigenvalue weighted by atomic mass is 16.2. The molecule has 0 unspecified atom stereocenters. The lowest BCUT2D eigenvalue weighted by molar-refractivity contribution is 0.0779. The number of hydrogen-bond donors (Lipinski definition) is 1. The van der Waals surface area contributed by atoms with E-state index in [1.165, 1.54) is 0 Å². The molecule has 16 heavy (non-hydrogen) atoms. The van der Waals surface area contributed by atoms with Gasteiger partial charge in [0.1, 0.15) is 5.69 Å². The highest BCUT2D eigenvalue weighted by molar-refractivity contribution is 5.97. The standard InChI is InChI=1S/C11H18N4O/c1-8(2)15-10(9(12)7-13-15)11(16)14-5-3-4-6-14/h7-8H,3-6,12H2,1-2H3. The van der Waals surface area contributed by atoms with Crippen molar-refractivity contribution < 1.29 is 4.79 Å². The van der Waals surface area contributed by atoms with Gasteiger partial charge in [0, 0.05) is 19.1 Å². The van der Waals surface area contributed by atoms with Crippen molar-refractivity contribution in [2.75, 3.05) is 18.8 Å². The summed E-state index contributed by atoms with van der Waals surface area (Å²) < 4.78 is 1.70. The molecule has 88 valence electrons. The maximum atomic E-state index is 12.2. The largest absolute Gasteiger partial charge is 0.396 e. The van der Waals surface area contributed by atoms with E-state index in [9.17, 15) is 4.79 Å². The molecule has 2 rings (SSSR count). The van der Waals surface area contributed by atoms with Gasteiger partial charge in [0.05, 0.1) is 11.9 Å². The number of nitrogens with two attached hydrogens (primary N) is 1. The molecule has 0 saturated carbocycles. The zero-order valence-corrected chi connectivity index (χ0v) is 9.81. The number of rotatable bonds is 2. The predicted molar refractivity (Wildman–Crippen MR) is 62.2 cm³/mol. The number of carbonyl (C=O) groups excluding carboxylic acids is 1. The first kappa shape index (κ1) is 11.0. The van der Waals surface area contributed by atoms with Crippen molar-refractivity contribution in [2.45, 2.75) is 32.7 Å². The lowest BCUT2D eigenvalue weighted by Gasteiger charge is -2.18. The summed E-state index contributed by atoms with van der Waals surface area (Å²) in [6.45, 7) is 5.66. The van der Waals surface area contributed by atoms with E-state index in [2.05, 4.69) is 5.10 Å². The molecule has 0 aliphatic carbocycles. The summed E-state index contributed by atoms with van der Waals surface area (Å²) in [4.78, 5) is 14.1. The Hall–Kier alpha value is -1.52. The van der Waals surface area contributed by atoms with Crippen LogP contribution in [0.4, 0.5) is 5.69 Å². The zero-order valence-electron chi connectivity index (χ0n) is 9.81. The molecule has 0 aromatic carbocycles. The molecule has 2 heterocycles. The van der Waals surface area contributed by atoms with Gasteiger partial charge in [0.25, 0.3) is 5.91 Å². The second kappa shape index (κ2) is 4.15. The number of aromatic nitrogens is 2. The van der Waals surface area contributed by atoms with Gasteiger partial charge >= 0.3 is 0 Å². The third kappa shape index (κ3) is 1.77. The van der Waals surface area contributed by atoms with E-state index in [0.717, 1.165) is 25.9 Å². The molecule has 0 radical (unpaired) electrons. The molecule has 2 N–H and O–H groups in total. The van der Waals surface area contributed by atoms with Crippen LogP contribution in [0.3, 0.4) is 0 Å². The van der Waals surface area contributed by atoms with Crippen LogP contribution in [-0.4, -0.2) is 33.7 Å². The van der Waals surface area contributed by atoms with Gasteiger partial charge in [0.15, 0.2) is 0 Å². The summed E-state index contributed by atoms with van der Waals surface area (Å²) in [7, 11) is 0. The normalized spacial score (nSPS) is 16.1. The maximum Gasteiger partial charge on any atom is 0.274 e. The summed E-state index contributed by atoms with van der Waals surface area (Å²) in [6, 6.07) is 0.152. The van der Waals surface area contributed by atoms with Crippen LogP contribution in [0, 0.1) is 0 Å². The van der Waals surface area contributed by atoms with Gasteiger partial charge in [0.2, 0.25) is 0 Å². The molecule has 1 aromatic rings. The molecule has 1 aliphatic rings. The van der Waals surface area contributed by atoms with Crippen LogP contribution >= 0.6 is 0 Å². The number of hydrogen-bond acceptors (Lipinski definition) is 3. The Morgan fingerprint density at radius 1 is 1.44 bits per heavy atom. The van der Waals surface area contributed by atoms with Crippen molar-refractivity contribution in [3.05, 3.63) is 11.9 Å². The van der Waals surface area contributed by atoms with Crippen LogP contribution < -0.4 is 5.73 Å². The Kier molecular flexibility index (Phi) is 2.85. The monoisotopic (exact) mass is 222 g/mol. The second-order valence-corrected chi connectivity index (χ2v) is 4.49. The van der Waals surface area contributed by atoms with Crippen LogP contribution in [0.2, 0.25) is 0 Å². The Bertz CT molecular complexity index is 391. The number of nitrogens with zero attached hydrogens (tertiary/aromatic N) is 3. The van der Waals surface area contributed by atoms with Crippen molar-refractivity contribution in [1.29, 1.82) is 0 Å². The van der Waals surface area contributed by atoms with Gasteiger partial charge in [-0.25, -0.2) is 0 Å². The number of likely N-dealkylation sites (tertiary alicyclic amines) is 1. The van der Waals surface area contributed by atoms with Gasteiger partial charge in [-0.3, -0.25) is 9.48 Å². The van der Waals surface area contributed by atoms with Crippen molar-refractivity contribution >= 4 is 11.6 Å². The topological polar surface area (TPSA) is 64.2 Å². The first-order valence-corrected chi connectivity index (χ1v) is 5.73. The summed E-state index contributed by atoms with van der Waals surface area (Å²) in [6.07, 6.45) is 3.73. The van der Waals surface area contributed by atoms with Crippen LogP contribution in [0.25, 0.3) is 0 Å². The lowest BCUT2D eigenvalue weighted by atomic mass is 10.3. The van der Waals surface area contributed by atoms with E-state index < -0.39 is 0 Å². The third-order valence-corrected chi connectivity index (χ3v) is 2.91. The Morgan fingerprint density at radius 3 is 2.62 bits per heavy atom. The molecule has 1 fully saturated rings. The van der Waals surface area contributed by atoms with Crippen molar-refractivity contribution in [2.24, 2.45) is 0 Å². The van der Waals surface area contributed by atoms with Crippen molar-refractivity contribution in [1.82, 2.24) is 14.7 Å². The molecule has 0 spiro atoms. The Balaban J connectivity index is 2.31. The number of amides is 1. The van der Waals surface area contributed by atoms with Crippen LogP contribution in [0.1, 0.15) is 43.2 Å². The minimum Gasteiger partial charge on any atom is -0.396 e. The quantitative estimate of drug-likeness (QED) is 0.819. The fraction of sp³-hybridized carbons (Fsp3) is 0.636. The Labute approximate surface area is 95.2 Å². The van der Waals surface area contributed by atoms with Gasteiger partial charge in [-0.05, 0) is 26.7 Å². The molecule has 5 heteroatoms. The molecule has 1 aromatic heterocycles. The van der Waals surface area contributed by atoms with E-state index in [1.54, 1.807) is 10.9 Å². The fourth-order valence-corrected chi connectivity index (χ4v) is 2.06. The molecular weight excluding hydrogens is 204 g/mol. The minimum atomic E-state index is 0.0150. The van der Waals surface area contributed by atoms with Crippen molar-refractivity contribution in [3.8, 4) is 0 Å². The minimum absolute atomic E-state index is 0.0150. The molecule has 1 amide bonds. The van der Waals surface area contributed by atoms with Gasteiger partial charge in [-0.2, -0.15) is 5.10 Å². The van der Waals surface area contributed by atoms with Crippen LogP contribution in [0.5, 0.6) is 0 Å². The first-order valence-electron chi connectivity index (χ1n) is 5.73. The average Bonchev–Trinajstić information content (AvgIpc) is 2.84. The smallest absolute Gasteiger partial charge is 0.274 e. The first-order chi connectivity index (χ1) is 7.61. The molecule has 0 atom stereocenters. The zero-order chi connectivity index (χ0) is 11.7. The molecule has 5 nitrogen and oxygen atoms in total. The number of carbonyl (C=O) groups is 1. The van der Waals surface area contributed by atoms with E-state index in [-0.39, 0.29) is 11.9 Å². The Morgan fingerprint density at radius 2 is 2.06 bits per heavy atom. The molecule has 1 saturated heterocycles. The second-order valence-electron chi connectivity index (χ2n) is 4.49. The SMILES string of the molecule is CC(C)n1ncc(N)c1C(=O)N1CCCC1. The third-order valence-electron chi connectivity index (χ3n) is 2.91. The maximum absolute atomic E-state index is 12.2. The van der Waals surface area contributed by atoms with Gasteiger partial charge in [-0.1, -0.05) is 0 Å². The number of anilines is 1.